The molecule has 1 unspecified atom stereocenters. The molecule has 0 saturated carbocycles. The second-order valence-corrected chi connectivity index (χ2v) is 6.99. The number of nitriles is 1. The first-order valence-corrected chi connectivity index (χ1v) is 9.05. The van der Waals surface area contributed by atoms with Gasteiger partial charge in [0.1, 0.15) is 17.1 Å². The molecule has 1 saturated heterocycles. The number of carbonyl (C=O) groups excluding carboxylic acids is 3. The van der Waals surface area contributed by atoms with Gasteiger partial charge in [0.15, 0.2) is 0 Å². The second-order valence-electron chi connectivity index (χ2n) is 4.58. The number of hydrogen-bond donors (Lipinski definition) is 2. The summed E-state index contributed by atoms with van der Waals surface area (Å²) in [5, 5.41) is 11.7. The van der Waals surface area contributed by atoms with Crippen molar-refractivity contribution in [1.82, 2.24) is 10.2 Å². The molecule has 1 fully saturated rings. The van der Waals surface area contributed by atoms with Crippen LogP contribution in [0.3, 0.4) is 0 Å². The van der Waals surface area contributed by atoms with Crippen LogP contribution >= 0.6 is 36.2 Å². The van der Waals surface area contributed by atoms with E-state index in [0.717, 1.165) is 0 Å². The number of rotatable bonds is 6. The quantitative estimate of drug-likeness (QED) is 0.414. The molecule has 2 aliphatic rings. The van der Waals surface area contributed by atoms with Gasteiger partial charge in [-0.25, -0.2) is 0 Å². The molecule has 0 spiro atoms. The number of nitrogens with one attached hydrogen (secondary N) is 1. The maximum atomic E-state index is 12.3. The van der Waals surface area contributed by atoms with Gasteiger partial charge in [-0.3, -0.25) is 19.3 Å². The maximum Gasteiger partial charge on any atom is 0.253 e. The van der Waals surface area contributed by atoms with Gasteiger partial charge in [-0.05, 0) is 11.0 Å². The highest BCUT2D eigenvalue weighted by atomic mass is 32.2. The van der Waals surface area contributed by atoms with Gasteiger partial charge in [0.05, 0.1) is 11.8 Å². The molecule has 2 atom stereocenters. The number of thioether (sulfide) groups is 2. The Hall–Kier alpha value is -1.63. The molecule has 0 aliphatic carbocycles. The van der Waals surface area contributed by atoms with E-state index in [4.69, 9.17) is 5.26 Å². The fourth-order valence-corrected chi connectivity index (χ4v) is 4.30. The first kappa shape index (κ1) is 17.7. The van der Waals surface area contributed by atoms with E-state index in [1.165, 1.54) is 39.9 Å². The van der Waals surface area contributed by atoms with Crippen LogP contribution in [0.1, 0.15) is 0 Å². The van der Waals surface area contributed by atoms with Gasteiger partial charge < -0.3 is 5.32 Å². The molecule has 2 heterocycles. The summed E-state index contributed by atoms with van der Waals surface area (Å²) in [5.74, 6) is 0.0233. The number of carbonyl (C=O) groups is 3. The zero-order valence-corrected chi connectivity index (χ0v) is 14.4. The van der Waals surface area contributed by atoms with Crippen LogP contribution in [0, 0.1) is 11.3 Å². The Bertz CT molecular complexity index is 666. The van der Waals surface area contributed by atoms with Crippen molar-refractivity contribution < 1.29 is 14.4 Å². The zero-order chi connectivity index (χ0) is 17.0. The molecule has 2 rings (SSSR count). The molecule has 9 heteroatoms. The van der Waals surface area contributed by atoms with Gasteiger partial charge in [0.25, 0.3) is 5.91 Å². The van der Waals surface area contributed by atoms with Gasteiger partial charge in [-0.2, -0.15) is 5.26 Å². The average molecular weight is 367 g/mol. The molecule has 0 aromatic rings. The van der Waals surface area contributed by atoms with E-state index in [-0.39, 0.29) is 28.6 Å². The molecule has 0 aromatic heterocycles. The molecule has 6 nitrogen and oxygen atoms in total. The Morgan fingerprint density at radius 1 is 1.61 bits per heavy atom. The van der Waals surface area contributed by atoms with Crippen molar-refractivity contribution in [3.05, 3.63) is 35.4 Å². The number of allylic oxidation sites excluding steroid dienone is 2. The molecule has 120 valence electrons. The van der Waals surface area contributed by atoms with Crippen molar-refractivity contribution in [3.63, 3.8) is 0 Å². The molecular weight excluding hydrogens is 354 g/mol. The Kier molecular flexibility index (Phi) is 5.98. The Balaban J connectivity index is 2.01. The normalized spacial score (nSPS) is 23.1. The molecule has 2 aliphatic heterocycles. The Morgan fingerprint density at radius 2 is 2.35 bits per heavy atom. The fraction of sp³-hybridized carbons (Fsp3) is 0.286. The van der Waals surface area contributed by atoms with Gasteiger partial charge in [0.2, 0.25) is 11.0 Å². The van der Waals surface area contributed by atoms with Crippen molar-refractivity contribution in [2.45, 2.75) is 11.4 Å². The number of amides is 2. The lowest BCUT2D eigenvalue weighted by Gasteiger charge is -2.49. The fourth-order valence-electron chi connectivity index (χ4n) is 2.22. The third kappa shape index (κ3) is 3.65. The zero-order valence-electron chi connectivity index (χ0n) is 11.9. The summed E-state index contributed by atoms with van der Waals surface area (Å²) in [6, 6.07) is 1.17. The predicted molar refractivity (Wildman–Crippen MR) is 93.4 cm³/mol. The predicted octanol–water partition coefficient (Wildman–Crippen LogP) is 1.05. The smallest absolute Gasteiger partial charge is 0.253 e. The first-order chi connectivity index (χ1) is 11.0. The Labute approximate surface area is 147 Å². The third-order valence-electron chi connectivity index (χ3n) is 3.22. The van der Waals surface area contributed by atoms with Crippen LogP contribution in [0.15, 0.2) is 35.4 Å². The summed E-state index contributed by atoms with van der Waals surface area (Å²) in [5.41, 5.74) is 0.912. The largest absolute Gasteiger partial charge is 0.341 e. The van der Waals surface area contributed by atoms with E-state index in [2.05, 4.69) is 24.5 Å². The minimum absolute atomic E-state index is 0.117. The minimum Gasteiger partial charge on any atom is -0.341 e. The van der Waals surface area contributed by atoms with Crippen molar-refractivity contribution >= 4 is 53.1 Å². The second kappa shape index (κ2) is 7.77. The van der Waals surface area contributed by atoms with Crippen molar-refractivity contribution in [1.29, 1.82) is 5.26 Å². The summed E-state index contributed by atoms with van der Waals surface area (Å²) in [7, 11) is 0. The van der Waals surface area contributed by atoms with E-state index in [9.17, 15) is 14.4 Å². The molecule has 0 aromatic carbocycles. The number of fused-ring (bicyclic) bond motifs is 1. The van der Waals surface area contributed by atoms with Gasteiger partial charge in [0, 0.05) is 11.8 Å². The van der Waals surface area contributed by atoms with Crippen LogP contribution < -0.4 is 5.32 Å². The SMILES string of the molecule is C=CC1=C(C(=O)S)N2C(=O)C(NC(=O)CS/C=C\C#N)[C@H]2SC1. The molecule has 0 bridgehead atoms. The summed E-state index contributed by atoms with van der Waals surface area (Å²) in [6.45, 7) is 3.64. The molecule has 1 N–H and O–H groups in total. The van der Waals surface area contributed by atoms with Crippen LogP contribution in [0.2, 0.25) is 0 Å². The van der Waals surface area contributed by atoms with Crippen molar-refractivity contribution in [2.24, 2.45) is 0 Å². The average Bonchev–Trinajstić information content (AvgIpc) is 2.54. The molecule has 0 radical (unpaired) electrons. The van der Waals surface area contributed by atoms with Gasteiger partial charge in [-0.1, -0.05) is 25.3 Å². The summed E-state index contributed by atoms with van der Waals surface area (Å²) in [4.78, 5) is 37.1. The number of β-lactam (4-membered cyclic amide) rings is 1. The minimum atomic E-state index is -0.651. The standard InChI is InChI=1S/C14H13N3O3S3/c1-2-8-6-23-13-10(12(19)17(13)11(8)14(20)21)16-9(18)7-22-5-3-4-15/h2-3,5,10,13H,1,6-7H2,(H,16,18)(H,20,21)/b5-3-/t10?,13-/m1/s1. The highest BCUT2D eigenvalue weighted by Gasteiger charge is 2.53. The molecule has 23 heavy (non-hydrogen) atoms. The van der Waals surface area contributed by atoms with E-state index in [1.54, 1.807) is 6.08 Å². The van der Waals surface area contributed by atoms with Gasteiger partial charge >= 0.3 is 0 Å². The van der Waals surface area contributed by atoms with E-state index < -0.39 is 11.2 Å². The third-order valence-corrected chi connectivity index (χ3v) is 5.49. The lowest BCUT2D eigenvalue weighted by Crippen LogP contribution is -2.70. The van der Waals surface area contributed by atoms with Crippen LogP contribution in [0.4, 0.5) is 0 Å². The molecular formula is C14H13N3O3S3. The highest BCUT2D eigenvalue weighted by Crippen LogP contribution is 2.41. The van der Waals surface area contributed by atoms with Crippen LogP contribution in [0.25, 0.3) is 0 Å². The first-order valence-electron chi connectivity index (χ1n) is 6.50. The van der Waals surface area contributed by atoms with Crippen LogP contribution in [-0.2, 0) is 14.4 Å². The highest BCUT2D eigenvalue weighted by molar-refractivity contribution is 8.02. The Morgan fingerprint density at radius 3 is 2.96 bits per heavy atom. The number of hydrogen-bond acceptors (Lipinski definition) is 6. The van der Waals surface area contributed by atoms with Crippen molar-refractivity contribution in [3.8, 4) is 6.07 Å². The lowest BCUT2D eigenvalue weighted by molar-refractivity contribution is -0.146. The summed E-state index contributed by atoms with van der Waals surface area (Å²) in [6.07, 6.45) is 2.82. The molecule has 2 amide bonds. The van der Waals surface area contributed by atoms with Crippen LogP contribution in [-0.4, -0.2) is 44.8 Å². The van der Waals surface area contributed by atoms with E-state index in [1.807, 2.05) is 6.07 Å². The van der Waals surface area contributed by atoms with E-state index >= 15 is 0 Å². The summed E-state index contributed by atoms with van der Waals surface area (Å²) < 4.78 is 0. The topological polar surface area (TPSA) is 90.3 Å². The number of nitrogens with zero attached hydrogens (tertiary/aromatic N) is 2. The van der Waals surface area contributed by atoms with E-state index in [0.29, 0.717) is 11.3 Å². The summed E-state index contributed by atoms with van der Waals surface area (Å²) >= 11 is 6.45. The monoisotopic (exact) mass is 367 g/mol. The maximum absolute atomic E-state index is 12.3. The lowest BCUT2D eigenvalue weighted by atomic mass is 10.0. The van der Waals surface area contributed by atoms with Crippen molar-refractivity contribution in [2.75, 3.05) is 11.5 Å². The number of thiol groups is 1. The van der Waals surface area contributed by atoms with Gasteiger partial charge in [-0.15, -0.1) is 23.5 Å². The van der Waals surface area contributed by atoms with Crippen LogP contribution in [0.5, 0.6) is 0 Å².